The topological polar surface area (TPSA) is 38.0 Å². The van der Waals surface area contributed by atoms with Gasteiger partial charge in [-0.25, -0.2) is 4.39 Å². The van der Waals surface area contributed by atoms with Crippen LogP contribution in [0.1, 0.15) is 37.7 Å². The minimum absolute atomic E-state index is 0.0618. The molecule has 25 heavy (non-hydrogen) atoms. The molecular formula is C20H27BFIN2. The van der Waals surface area contributed by atoms with Crippen molar-refractivity contribution < 1.29 is 4.39 Å². The van der Waals surface area contributed by atoms with E-state index in [-0.39, 0.29) is 9.36 Å². The second-order valence-corrected chi connectivity index (χ2v) is 9.39. The molecule has 1 aliphatic carbocycles. The van der Waals surface area contributed by atoms with Crippen LogP contribution in [0.15, 0.2) is 36.4 Å². The zero-order valence-corrected chi connectivity index (χ0v) is 17.1. The Kier molecular flexibility index (Phi) is 6.39. The van der Waals surface area contributed by atoms with E-state index in [0.717, 1.165) is 36.8 Å². The minimum atomic E-state index is -0.145. The molecule has 2 aromatic carbocycles. The fraction of sp³-hybridized carbons (Fsp3) is 0.500. The Morgan fingerprint density at radius 3 is 2.64 bits per heavy atom. The average Bonchev–Trinajstić information content (AvgIpc) is 2.54. The molecule has 2 aromatic rings. The van der Waals surface area contributed by atoms with Crippen LogP contribution >= 0.6 is 22.6 Å². The van der Waals surface area contributed by atoms with Crippen molar-refractivity contribution in [2.45, 2.75) is 54.6 Å². The van der Waals surface area contributed by atoms with Crippen LogP contribution in [0.4, 0.5) is 4.39 Å². The van der Waals surface area contributed by atoms with E-state index in [1.165, 1.54) is 25.2 Å². The molecule has 2 nitrogen and oxygen atoms in total. The molecule has 0 bridgehead atoms. The van der Waals surface area contributed by atoms with Crippen LogP contribution in [0.3, 0.4) is 0 Å². The highest BCUT2D eigenvalue weighted by atomic mass is 127. The van der Waals surface area contributed by atoms with E-state index in [1.807, 2.05) is 18.2 Å². The maximum Gasteiger partial charge on any atom is 0.131 e. The highest BCUT2D eigenvalue weighted by molar-refractivity contribution is 14.1. The molecule has 1 aliphatic rings. The maximum absolute atomic E-state index is 13.9. The zero-order valence-electron chi connectivity index (χ0n) is 14.9. The number of hydrogen-bond acceptors (Lipinski definition) is 2. The van der Waals surface area contributed by atoms with Gasteiger partial charge in [0.2, 0.25) is 0 Å². The zero-order chi connectivity index (χ0) is 17.9. The number of benzene rings is 2. The van der Waals surface area contributed by atoms with E-state index < -0.39 is 0 Å². The van der Waals surface area contributed by atoms with Gasteiger partial charge >= 0.3 is 0 Å². The Balaban J connectivity index is 1.52. The summed E-state index contributed by atoms with van der Waals surface area (Å²) in [6, 6.07) is 11.7. The molecule has 0 heterocycles. The standard InChI is InChI=1S/C20H27BFIN2/c21-10-2-1-9-20(23,24)15-11-16(12-15)25-13-14-5-3-7-18-17(14)6-4-8-19(18)22/h3-8,15-16,25H,1-2,9-13,21,24H2/t15-,16+,20?. The number of nitrogens with two attached hydrogens (primary N) is 1. The molecule has 134 valence electrons. The smallest absolute Gasteiger partial charge is 0.131 e. The number of nitrogens with one attached hydrogen (secondary N) is 1. The van der Waals surface area contributed by atoms with E-state index in [2.05, 4.69) is 41.8 Å². The van der Waals surface area contributed by atoms with Crippen LogP contribution in [0, 0.1) is 11.7 Å². The van der Waals surface area contributed by atoms with Crippen LogP contribution in [0.25, 0.3) is 10.8 Å². The van der Waals surface area contributed by atoms with Crippen molar-refractivity contribution in [1.29, 1.82) is 0 Å². The number of alkyl halides is 1. The normalized spacial score (nSPS) is 22.5. The highest BCUT2D eigenvalue weighted by Crippen LogP contribution is 2.42. The molecule has 1 atom stereocenters. The Morgan fingerprint density at radius 1 is 1.16 bits per heavy atom. The lowest BCUT2D eigenvalue weighted by molar-refractivity contribution is 0.173. The van der Waals surface area contributed by atoms with Gasteiger partial charge in [-0.2, -0.15) is 0 Å². The van der Waals surface area contributed by atoms with Crippen molar-refractivity contribution in [3.05, 3.63) is 47.8 Å². The van der Waals surface area contributed by atoms with Gasteiger partial charge in [0.1, 0.15) is 13.7 Å². The summed E-state index contributed by atoms with van der Waals surface area (Å²) in [6.45, 7) is 0.785. The lowest BCUT2D eigenvalue weighted by atomic mass is 9.74. The summed E-state index contributed by atoms with van der Waals surface area (Å²) >= 11 is 2.47. The first kappa shape index (κ1) is 19.1. The number of fused-ring (bicyclic) bond motifs is 1. The summed E-state index contributed by atoms with van der Waals surface area (Å²) in [7, 11) is 2.23. The van der Waals surface area contributed by atoms with Gasteiger partial charge in [-0.15, -0.1) is 0 Å². The predicted molar refractivity (Wildman–Crippen MR) is 115 cm³/mol. The molecular weight excluding hydrogens is 425 g/mol. The number of halogens is 2. The molecule has 0 aliphatic heterocycles. The van der Waals surface area contributed by atoms with Gasteiger partial charge in [-0.05, 0) is 42.2 Å². The molecule has 0 saturated heterocycles. The quantitative estimate of drug-likeness (QED) is 0.208. The fourth-order valence-corrected chi connectivity index (χ4v) is 4.66. The van der Waals surface area contributed by atoms with E-state index in [1.54, 1.807) is 6.07 Å². The van der Waals surface area contributed by atoms with Gasteiger partial charge in [0.25, 0.3) is 0 Å². The van der Waals surface area contributed by atoms with Gasteiger partial charge in [-0.1, -0.05) is 72.1 Å². The second kappa shape index (κ2) is 8.36. The van der Waals surface area contributed by atoms with Crippen LogP contribution in [0.2, 0.25) is 6.32 Å². The Labute approximate surface area is 164 Å². The van der Waals surface area contributed by atoms with E-state index in [0.29, 0.717) is 17.3 Å². The van der Waals surface area contributed by atoms with Crippen LogP contribution in [-0.2, 0) is 6.54 Å². The summed E-state index contributed by atoms with van der Waals surface area (Å²) < 4.78 is 13.9. The van der Waals surface area contributed by atoms with E-state index in [9.17, 15) is 4.39 Å². The first-order valence-corrected chi connectivity index (χ1v) is 10.5. The van der Waals surface area contributed by atoms with Gasteiger partial charge in [-0.3, -0.25) is 0 Å². The van der Waals surface area contributed by atoms with Crippen molar-refractivity contribution in [2.24, 2.45) is 11.7 Å². The van der Waals surface area contributed by atoms with Gasteiger partial charge < -0.3 is 11.1 Å². The third-order valence-corrected chi connectivity index (χ3v) is 6.94. The maximum atomic E-state index is 13.9. The summed E-state index contributed by atoms with van der Waals surface area (Å²) in [5.41, 5.74) is 7.70. The Morgan fingerprint density at radius 2 is 1.88 bits per heavy atom. The van der Waals surface area contributed by atoms with E-state index >= 15 is 0 Å². The van der Waals surface area contributed by atoms with Gasteiger partial charge in [0, 0.05) is 18.0 Å². The largest absolute Gasteiger partial charge is 0.317 e. The highest BCUT2D eigenvalue weighted by Gasteiger charge is 2.41. The molecule has 1 unspecified atom stereocenters. The minimum Gasteiger partial charge on any atom is -0.317 e. The third kappa shape index (κ3) is 4.55. The molecule has 0 spiro atoms. The predicted octanol–water partition coefficient (Wildman–Crippen LogP) is 4.16. The lowest BCUT2D eigenvalue weighted by Crippen LogP contribution is -2.53. The average molecular weight is 452 g/mol. The van der Waals surface area contributed by atoms with Crippen molar-refractivity contribution in [1.82, 2.24) is 5.32 Å². The van der Waals surface area contributed by atoms with Crippen molar-refractivity contribution in [3.8, 4) is 0 Å². The molecule has 0 amide bonds. The third-order valence-electron chi connectivity index (χ3n) is 5.52. The summed E-state index contributed by atoms with van der Waals surface area (Å²) in [6.07, 6.45) is 7.14. The molecule has 3 rings (SSSR count). The SMILES string of the molecule is BCCCCC(N)(I)[C@H]1C[C@@H](NCc2cccc3c(F)cccc23)C1. The molecule has 5 heteroatoms. The lowest BCUT2D eigenvalue weighted by Gasteiger charge is -2.44. The monoisotopic (exact) mass is 452 g/mol. The van der Waals surface area contributed by atoms with E-state index in [4.69, 9.17) is 5.73 Å². The van der Waals surface area contributed by atoms with Crippen LogP contribution in [0.5, 0.6) is 0 Å². The fourth-order valence-electron chi connectivity index (χ4n) is 3.77. The molecule has 1 fully saturated rings. The number of hydrogen-bond donors (Lipinski definition) is 2. The Hall–Kier alpha value is -0.655. The molecule has 0 aromatic heterocycles. The van der Waals surface area contributed by atoms with Crippen molar-refractivity contribution >= 4 is 41.2 Å². The first-order chi connectivity index (χ1) is 12.0. The number of rotatable bonds is 8. The van der Waals surface area contributed by atoms with Crippen LogP contribution in [-0.4, -0.2) is 17.4 Å². The van der Waals surface area contributed by atoms with Crippen molar-refractivity contribution in [2.75, 3.05) is 0 Å². The van der Waals surface area contributed by atoms with Gasteiger partial charge in [0.05, 0.1) is 3.55 Å². The van der Waals surface area contributed by atoms with Crippen LogP contribution < -0.4 is 11.1 Å². The first-order valence-electron chi connectivity index (χ1n) is 9.38. The second-order valence-electron chi connectivity index (χ2n) is 7.38. The molecule has 1 saturated carbocycles. The van der Waals surface area contributed by atoms with Gasteiger partial charge in [0.15, 0.2) is 0 Å². The molecule has 3 N–H and O–H groups in total. The number of unbranched alkanes of at least 4 members (excludes halogenated alkanes) is 1. The molecule has 0 radical (unpaired) electrons. The summed E-state index contributed by atoms with van der Waals surface area (Å²) in [5, 5.41) is 5.35. The summed E-state index contributed by atoms with van der Waals surface area (Å²) in [5.74, 6) is 0.459. The summed E-state index contributed by atoms with van der Waals surface area (Å²) in [4.78, 5) is 0. The van der Waals surface area contributed by atoms with Crippen molar-refractivity contribution in [3.63, 3.8) is 0 Å². The Bertz CT molecular complexity index is 716.